The molecule has 0 spiro atoms. The van der Waals surface area contributed by atoms with Crippen molar-refractivity contribution >= 4 is 28.9 Å². The highest BCUT2D eigenvalue weighted by Gasteiger charge is 2.23. The maximum absolute atomic E-state index is 12.4. The smallest absolute Gasteiger partial charge is 0.251 e. The van der Waals surface area contributed by atoms with E-state index in [9.17, 15) is 4.79 Å². The number of aryl methyl sites for hydroxylation is 1. The van der Waals surface area contributed by atoms with Gasteiger partial charge < -0.3 is 20.3 Å². The van der Waals surface area contributed by atoms with E-state index in [0.29, 0.717) is 17.3 Å². The number of nitrogens with zero attached hydrogens (tertiary/aromatic N) is 1. The Balaban J connectivity index is 1.50. The molecule has 0 aromatic heterocycles. The third kappa shape index (κ3) is 5.23. The molecule has 6 heteroatoms. The number of anilines is 1. The molecule has 1 amide bonds. The predicted molar refractivity (Wildman–Crippen MR) is 117 cm³/mol. The van der Waals surface area contributed by atoms with E-state index < -0.39 is 0 Å². The summed E-state index contributed by atoms with van der Waals surface area (Å²) in [7, 11) is 0. The Kier molecular flexibility index (Phi) is 6.87. The summed E-state index contributed by atoms with van der Waals surface area (Å²) in [4.78, 5) is 14.5. The SMILES string of the molecule is CCOc1ccccc1NC(=S)N1CCC(NC(=O)c2ccc(C)cc2)CC1. The molecule has 0 aliphatic carbocycles. The largest absolute Gasteiger partial charge is 0.492 e. The van der Waals surface area contributed by atoms with Gasteiger partial charge in [0.1, 0.15) is 5.75 Å². The summed E-state index contributed by atoms with van der Waals surface area (Å²) in [5.41, 5.74) is 2.73. The van der Waals surface area contributed by atoms with Gasteiger partial charge in [-0.25, -0.2) is 0 Å². The Bertz CT molecular complexity index is 815. The molecular formula is C22H27N3O2S. The number of likely N-dealkylation sites (tertiary alicyclic amines) is 1. The van der Waals surface area contributed by atoms with Crippen LogP contribution in [0.3, 0.4) is 0 Å². The maximum atomic E-state index is 12.4. The van der Waals surface area contributed by atoms with E-state index in [-0.39, 0.29) is 11.9 Å². The van der Waals surface area contributed by atoms with Gasteiger partial charge >= 0.3 is 0 Å². The van der Waals surface area contributed by atoms with Gasteiger partial charge in [0, 0.05) is 24.7 Å². The van der Waals surface area contributed by atoms with Crippen molar-refractivity contribution in [2.24, 2.45) is 0 Å². The highest BCUT2D eigenvalue weighted by atomic mass is 32.1. The Morgan fingerprint density at radius 1 is 1.14 bits per heavy atom. The average molecular weight is 398 g/mol. The lowest BCUT2D eigenvalue weighted by atomic mass is 10.0. The third-order valence-electron chi connectivity index (χ3n) is 4.86. The second-order valence-electron chi connectivity index (χ2n) is 6.96. The van der Waals surface area contributed by atoms with Crippen LogP contribution in [0.1, 0.15) is 35.7 Å². The van der Waals surface area contributed by atoms with E-state index in [1.165, 1.54) is 0 Å². The second-order valence-corrected chi connectivity index (χ2v) is 7.35. The molecule has 148 valence electrons. The highest BCUT2D eigenvalue weighted by Crippen LogP contribution is 2.24. The van der Waals surface area contributed by atoms with Crippen molar-refractivity contribution in [1.82, 2.24) is 10.2 Å². The molecule has 2 aromatic rings. The molecular weight excluding hydrogens is 370 g/mol. The van der Waals surface area contributed by atoms with Crippen LogP contribution in [0.15, 0.2) is 48.5 Å². The van der Waals surface area contributed by atoms with Crippen molar-refractivity contribution in [3.63, 3.8) is 0 Å². The number of hydrogen-bond acceptors (Lipinski definition) is 3. The molecule has 0 unspecified atom stereocenters. The summed E-state index contributed by atoms with van der Waals surface area (Å²) in [6.07, 6.45) is 1.74. The summed E-state index contributed by atoms with van der Waals surface area (Å²) >= 11 is 5.59. The van der Waals surface area contributed by atoms with Crippen LogP contribution in [0.25, 0.3) is 0 Å². The third-order valence-corrected chi connectivity index (χ3v) is 5.22. The van der Waals surface area contributed by atoms with Gasteiger partial charge in [-0.1, -0.05) is 29.8 Å². The lowest BCUT2D eigenvalue weighted by Gasteiger charge is -2.34. The van der Waals surface area contributed by atoms with Crippen LogP contribution in [0.4, 0.5) is 5.69 Å². The number of rotatable bonds is 5. The second kappa shape index (κ2) is 9.55. The van der Waals surface area contributed by atoms with Crippen molar-refractivity contribution in [2.45, 2.75) is 32.7 Å². The Labute approximate surface area is 172 Å². The van der Waals surface area contributed by atoms with Gasteiger partial charge in [0.2, 0.25) is 0 Å². The zero-order valence-corrected chi connectivity index (χ0v) is 17.2. The minimum absolute atomic E-state index is 0.00945. The molecule has 28 heavy (non-hydrogen) atoms. The molecule has 2 N–H and O–H groups in total. The Morgan fingerprint density at radius 3 is 2.50 bits per heavy atom. The van der Waals surface area contributed by atoms with Crippen LogP contribution in [0, 0.1) is 6.92 Å². The topological polar surface area (TPSA) is 53.6 Å². The highest BCUT2D eigenvalue weighted by molar-refractivity contribution is 7.80. The number of amides is 1. The molecule has 1 aliphatic rings. The van der Waals surface area contributed by atoms with Crippen LogP contribution in [0.5, 0.6) is 5.75 Å². The molecule has 0 saturated carbocycles. The van der Waals surface area contributed by atoms with Gasteiger partial charge in [-0.2, -0.15) is 0 Å². The van der Waals surface area contributed by atoms with Gasteiger partial charge in [-0.3, -0.25) is 4.79 Å². The van der Waals surface area contributed by atoms with E-state index in [1.807, 2.05) is 62.4 Å². The number of hydrogen-bond donors (Lipinski definition) is 2. The molecule has 3 rings (SSSR count). The molecule has 1 saturated heterocycles. The number of benzene rings is 2. The lowest BCUT2D eigenvalue weighted by molar-refractivity contribution is 0.0922. The number of piperidine rings is 1. The van der Waals surface area contributed by atoms with E-state index in [2.05, 4.69) is 15.5 Å². The van der Waals surface area contributed by atoms with Crippen molar-refractivity contribution in [2.75, 3.05) is 25.0 Å². The van der Waals surface area contributed by atoms with Gasteiger partial charge in [0.05, 0.1) is 12.3 Å². The number of para-hydroxylation sites is 2. The van der Waals surface area contributed by atoms with Gasteiger partial charge in [0.15, 0.2) is 5.11 Å². The molecule has 1 aliphatic heterocycles. The molecule has 1 heterocycles. The summed E-state index contributed by atoms with van der Waals surface area (Å²) in [5, 5.41) is 7.13. The number of ether oxygens (including phenoxy) is 1. The van der Waals surface area contributed by atoms with E-state index >= 15 is 0 Å². The standard InChI is InChI=1S/C22H27N3O2S/c1-3-27-20-7-5-4-6-19(20)24-22(28)25-14-12-18(13-15-25)23-21(26)17-10-8-16(2)9-11-17/h4-11,18H,3,12-15H2,1-2H3,(H,23,26)(H,24,28). The van der Waals surface area contributed by atoms with Crippen LogP contribution < -0.4 is 15.4 Å². The zero-order chi connectivity index (χ0) is 19.9. The first-order valence-corrected chi connectivity index (χ1v) is 10.1. The van der Waals surface area contributed by atoms with E-state index in [4.69, 9.17) is 17.0 Å². The first-order valence-electron chi connectivity index (χ1n) is 9.72. The fourth-order valence-electron chi connectivity index (χ4n) is 3.25. The normalized spacial score (nSPS) is 14.4. The lowest BCUT2D eigenvalue weighted by Crippen LogP contribution is -2.47. The molecule has 5 nitrogen and oxygen atoms in total. The van der Waals surface area contributed by atoms with Gasteiger partial charge in [0.25, 0.3) is 5.91 Å². The Hall–Kier alpha value is -2.60. The first-order chi connectivity index (χ1) is 13.6. The quantitative estimate of drug-likeness (QED) is 0.748. The van der Waals surface area contributed by atoms with Crippen molar-refractivity contribution in [3.05, 3.63) is 59.7 Å². The van der Waals surface area contributed by atoms with Crippen molar-refractivity contribution in [1.29, 1.82) is 0 Å². The summed E-state index contributed by atoms with van der Waals surface area (Å²) < 4.78 is 5.65. The van der Waals surface area contributed by atoms with Crippen molar-refractivity contribution in [3.8, 4) is 5.75 Å². The van der Waals surface area contributed by atoms with Crippen LogP contribution in [0.2, 0.25) is 0 Å². The van der Waals surface area contributed by atoms with Gasteiger partial charge in [-0.15, -0.1) is 0 Å². The van der Waals surface area contributed by atoms with E-state index in [1.54, 1.807) is 0 Å². The maximum Gasteiger partial charge on any atom is 0.251 e. The van der Waals surface area contributed by atoms with Gasteiger partial charge in [-0.05, 0) is 63.2 Å². The number of carbonyl (C=O) groups is 1. The number of thiocarbonyl (C=S) groups is 1. The molecule has 0 bridgehead atoms. The van der Waals surface area contributed by atoms with Crippen LogP contribution >= 0.6 is 12.2 Å². The van der Waals surface area contributed by atoms with E-state index in [0.717, 1.165) is 42.9 Å². The van der Waals surface area contributed by atoms with Crippen LogP contribution in [-0.4, -0.2) is 41.7 Å². The van der Waals surface area contributed by atoms with Crippen molar-refractivity contribution < 1.29 is 9.53 Å². The minimum atomic E-state index is -0.00945. The molecule has 0 atom stereocenters. The molecule has 1 fully saturated rings. The minimum Gasteiger partial charge on any atom is -0.492 e. The average Bonchev–Trinajstić information content (AvgIpc) is 2.70. The molecule has 2 aromatic carbocycles. The molecule has 0 radical (unpaired) electrons. The van der Waals surface area contributed by atoms with Crippen LogP contribution in [-0.2, 0) is 0 Å². The predicted octanol–water partition coefficient (Wildman–Crippen LogP) is 3.98. The fraction of sp³-hybridized carbons (Fsp3) is 0.364. The summed E-state index contributed by atoms with van der Waals surface area (Å²) in [6, 6.07) is 15.6. The summed E-state index contributed by atoms with van der Waals surface area (Å²) in [6.45, 7) is 6.20. The number of nitrogens with one attached hydrogen (secondary N) is 2. The first kappa shape index (κ1) is 20.1. The Morgan fingerprint density at radius 2 is 1.82 bits per heavy atom. The fourth-order valence-corrected chi connectivity index (χ4v) is 3.54. The zero-order valence-electron chi connectivity index (χ0n) is 16.4. The monoisotopic (exact) mass is 397 g/mol. The number of carbonyl (C=O) groups excluding carboxylic acids is 1. The summed E-state index contributed by atoms with van der Waals surface area (Å²) in [5.74, 6) is 0.789.